The van der Waals surface area contributed by atoms with Crippen LogP contribution in [0.25, 0.3) is 11.1 Å². The van der Waals surface area contributed by atoms with E-state index >= 15 is 0 Å². The third kappa shape index (κ3) is 6.53. The van der Waals surface area contributed by atoms with Gasteiger partial charge in [-0.3, -0.25) is 4.79 Å². The van der Waals surface area contributed by atoms with E-state index in [1.54, 1.807) is 53.1 Å². The van der Waals surface area contributed by atoms with E-state index in [1.165, 1.54) is 22.8 Å². The summed E-state index contributed by atoms with van der Waals surface area (Å²) >= 11 is 0. The predicted molar refractivity (Wildman–Crippen MR) is 151 cm³/mol. The highest BCUT2D eigenvalue weighted by molar-refractivity contribution is 5.76. The summed E-state index contributed by atoms with van der Waals surface area (Å²) in [6, 6.07) is 9.78. The number of pyridine rings is 1. The Morgan fingerprint density at radius 1 is 0.897 bits per heavy atom. The van der Waals surface area contributed by atoms with Gasteiger partial charge in [0.25, 0.3) is 5.56 Å². The summed E-state index contributed by atoms with van der Waals surface area (Å²) in [5.74, 6) is 1.35. The van der Waals surface area contributed by atoms with Crippen molar-refractivity contribution in [3.8, 4) is 28.4 Å². The molecule has 0 amide bonds. The van der Waals surface area contributed by atoms with E-state index in [1.807, 2.05) is 19.9 Å². The van der Waals surface area contributed by atoms with Gasteiger partial charge in [0.2, 0.25) is 0 Å². The maximum absolute atomic E-state index is 14.0. The van der Waals surface area contributed by atoms with Gasteiger partial charge in [0.1, 0.15) is 23.1 Å². The van der Waals surface area contributed by atoms with Gasteiger partial charge < -0.3 is 24.3 Å². The van der Waals surface area contributed by atoms with Gasteiger partial charge in [0.15, 0.2) is 0 Å². The monoisotopic (exact) mass is 537 g/mol. The van der Waals surface area contributed by atoms with Crippen molar-refractivity contribution in [2.75, 3.05) is 0 Å². The van der Waals surface area contributed by atoms with Gasteiger partial charge in [-0.1, -0.05) is 6.07 Å². The average molecular weight is 538 g/mol. The molecule has 210 valence electrons. The lowest BCUT2D eigenvalue weighted by Crippen LogP contribution is -2.36. The zero-order chi connectivity index (χ0) is 28.7. The number of hydrogen-bond acceptors (Lipinski definition) is 5. The van der Waals surface area contributed by atoms with Gasteiger partial charge in [-0.2, -0.15) is 0 Å². The van der Waals surface area contributed by atoms with E-state index in [0.717, 1.165) is 25.7 Å². The number of halogens is 1. The highest BCUT2D eigenvalue weighted by Crippen LogP contribution is 2.43. The fraction of sp³-hybridized carbons (Fsp3) is 0.469. The molecule has 0 unspecified atom stereocenters. The van der Waals surface area contributed by atoms with Gasteiger partial charge in [-0.05, 0) is 114 Å². The summed E-state index contributed by atoms with van der Waals surface area (Å²) in [6.07, 6.45) is 4.83. The number of nitrogens with zero attached hydrogens (tertiary/aromatic N) is 1. The van der Waals surface area contributed by atoms with Crippen molar-refractivity contribution in [2.24, 2.45) is 13.0 Å². The maximum atomic E-state index is 14.0. The number of hydrogen-bond donors (Lipinski definition) is 2. The van der Waals surface area contributed by atoms with Crippen molar-refractivity contribution in [1.29, 1.82) is 0 Å². The Bertz CT molecular complexity index is 1380. The third-order valence-corrected chi connectivity index (χ3v) is 7.77. The first-order chi connectivity index (χ1) is 18.1. The Balaban J connectivity index is 1.79. The molecule has 0 spiro atoms. The smallest absolute Gasteiger partial charge is 0.254 e. The second kappa shape index (κ2) is 10.8. The molecule has 0 radical (unpaired) electrons. The summed E-state index contributed by atoms with van der Waals surface area (Å²) in [5.41, 5.74) is 1.23. The molecule has 1 aromatic heterocycles. The van der Waals surface area contributed by atoms with Crippen LogP contribution in [0, 0.1) is 25.6 Å². The van der Waals surface area contributed by atoms with Gasteiger partial charge in [-0.25, -0.2) is 4.39 Å². The topological polar surface area (TPSA) is 80.9 Å². The first kappa shape index (κ1) is 28.8. The molecule has 3 aromatic rings. The van der Waals surface area contributed by atoms with Gasteiger partial charge in [0.05, 0.1) is 17.3 Å². The fourth-order valence-corrected chi connectivity index (χ4v) is 5.36. The van der Waals surface area contributed by atoms with Gasteiger partial charge in [0, 0.05) is 30.4 Å². The van der Waals surface area contributed by atoms with E-state index < -0.39 is 11.2 Å². The van der Waals surface area contributed by atoms with E-state index in [0.29, 0.717) is 45.1 Å². The highest BCUT2D eigenvalue weighted by Gasteiger charge is 2.32. The van der Waals surface area contributed by atoms with Crippen molar-refractivity contribution in [3.05, 3.63) is 75.5 Å². The van der Waals surface area contributed by atoms with Gasteiger partial charge in [-0.15, -0.1) is 0 Å². The molecule has 1 aliphatic rings. The molecule has 0 saturated heterocycles. The lowest BCUT2D eigenvalue weighted by atomic mass is 9.78. The van der Waals surface area contributed by atoms with Crippen LogP contribution < -0.4 is 15.0 Å². The number of aromatic nitrogens is 1. The molecule has 0 atom stereocenters. The molecule has 2 N–H and O–H groups in total. The maximum Gasteiger partial charge on any atom is 0.254 e. The molecule has 1 aliphatic carbocycles. The summed E-state index contributed by atoms with van der Waals surface area (Å²) in [6.45, 7) is 10.7. The summed E-state index contributed by atoms with van der Waals surface area (Å²) < 4.78 is 28.3. The van der Waals surface area contributed by atoms with Crippen molar-refractivity contribution in [3.63, 3.8) is 0 Å². The highest BCUT2D eigenvalue weighted by atomic mass is 19.1. The van der Waals surface area contributed by atoms with Gasteiger partial charge >= 0.3 is 0 Å². The van der Waals surface area contributed by atoms with E-state index in [2.05, 4.69) is 0 Å². The second-order valence-corrected chi connectivity index (χ2v) is 12.0. The van der Waals surface area contributed by atoms with E-state index in [9.17, 15) is 19.4 Å². The molecule has 4 rings (SSSR count). The van der Waals surface area contributed by atoms with Crippen LogP contribution in [0.2, 0.25) is 0 Å². The van der Waals surface area contributed by atoms with Crippen LogP contribution in [0.15, 0.2) is 47.4 Å². The van der Waals surface area contributed by atoms with Crippen LogP contribution in [0.1, 0.15) is 70.1 Å². The molecule has 7 heteroatoms. The molecule has 1 heterocycles. The third-order valence-electron chi connectivity index (χ3n) is 7.77. The fourth-order valence-electron chi connectivity index (χ4n) is 5.36. The van der Waals surface area contributed by atoms with Crippen molar-refractivity contribution in [2.45, 2.75) is 84.5 Å². The Kier molecular flexibility index (Phi) is 7.97. The standard InChI is InChI=1S/C32H40FNO5/c1-19-14-23(33)15-20(2)30(19)39-27-13-10-22(32(5,6)37)16-25(27)26-18-34(7)29(35)17-28(26)38-24-11-8-21(9-12-24)31(3,4)36/h10,13-18,21,24,36-37H,8-9,11-12H2,1-7H3/t21-,24-. The molecule has 0 aliphatic heterocycles. The summed E-state index contributed by atoms with van der Waals surface area (Å²) in [5, 5.41) is 21.2. The van der Waals surface area contributed by atoms with Crippen LogP contribution in [-0.4, -0.2) is 26.5 Å². The lowest BCUT2D eigenvalue weighted by Gasteiger charge is -2.36. The lowest BCUT2D eigenvalue weighted by molar-refractivity contribution is -0.0151. The number of rotatable bonds is 7. The molecule has 1 saturated carbocycles. The Hall–Kier alpha value is -3.16. The average Bonchev–Trinajstić information content (AvgIpc) is 2.83. The van der Waals surface area contributed by atoms with Crippen LogP contribution in [0.3, 0.4) is 0 Å². The number of aliphatic hydroxyl groups is 2. The Morgan fingerprint density at radius 3 is 2.08 bits per heavy atom. The minimum atomic E-state index is -1.12. The minimum Gasteiger partial charge on any atom is -0.490 e. The summed E-state index contributed by atoms with van der Waals surface area (Å²) in [7, 11) is 1.68. The Labute approximate surface area is 230 Å². The van der Waals surface area contributed by atoms with Crippen LogP contribution in [-0.2, 0) is 12.6 Å². The molecule has 2 aromatic carbocycles. The largest absolute Gasteiger partial charge is 0.490 e. The first-order valence-corrected chi connectivity index (χ1v) is 13.5. The second-order valence-electron chi connectivity index (χ2n) is 12.0. The van der Waals surface area contributed by atoms with Crippen molar-refractivity contribution < 1.29 is 24.1 Å². The van der Waals surface area contributed by atoms with Crippen molar-refractivity contribution >= 4 is 0 Å². The zero-order valence-electron chi connectivity index (χ0n) is 24.0. The van der Waals surface area contributed by atoms with Crippen LogP contribution >= 0.6 is 0 Å². The van der Waals surface area contributed by atoms with Crippen molar-refractivity contribution in [1.82, 2.24) is 4.57 Å². The normalized spacial score (nSPS) is 18.2. The Morgan fingerprint density at radius 2 is 1.51 bits per heavy atom. The summed E-state index contributed by atoms with van der Waals surface area (Å²) in [4.78, 5) is 12.7. The van der Waals surface area contributed by atoms with E-state index in [-0.39, 0.29) is 23.4 Å². The quantitative estimate of drug-likeness (QED) is 0.358. The van der Waals surface area contributed by atoms with E-state index in [4.69, 9.17) is 9.47 Å². The molecule has 0 bridgehead atoms. The molecular formula is C32H40FNO5. The molecule has 1 fully saturated rings. The minimum absolute atomic E-state index is 0.0992. The first-order valence-electron chi connectivity index (χ1n) is 13.5. The number of benzene rings is 2. The molecule has 6 nitrogen and oxygen atoms in total. The van der Waals surface area contributed by atoms with Crippen LogP contribution in [0.4, 0.5) is 4.39 Å². The predicted octanol–water partition coefficient (Wildman–Crippen LogP) is 6.54. The zero-order valence-corrected chi connectivity index (χ0v) is 24.0. The number of aryl methyl sites for hydroxylation is 3. The molecular weight excluding hydrogens is 497 g/mol. The number of ether oxygens (including phenoxy) is 2. The SMILES string of the molecule is Cc1cc(F)cc(C)c1Oc1ccc(C(C)(C)O)cc1-c1cn(C)c(=O)cc1O[C@H]1CC[C@H](C(C)(C)O)CC1. The van der Waals surface area contributed by atoms with Crippen LogP contribution in [0.5, 0.6) is 17.2 Å². The molecule has 39 heavy (non-hydrogen) atoms.